The molecule has 0 radical (unpaired) electrons. The Balaban J connectivity index is 0.00000300. The van der Waals surface area contributed by atoms with Crippen LogP contribution < -0.4 is 110 Å². The summed E-state index contributed by atoms with van der Waals surface area (Å²) in [5.74, 6) is -1.85. The van der Waals surface area contributed by atoms with E-state index in [2.05, 4.69) is 31.7 Å². The zero-order chi connectivity index (χ0) is 39.9. The smallest absolute Gasteiger partial charge is 0.744 e. The quantitative estimate of drug-likeness (QED) is 0.0694. The third-order valence-electron chi connectivity index (χ3n) is 7.96. The molecule has 0 atom stereocenters. The van der Waals surface area contributed by atoms with E-state index in [1.54, 1.807) is 30.3 Å². The van der Waals surface area contributed by atoms with Crippen LogP contribution >= 0.6 is 0 Å². The summed E-state index contributed by atoms with van der Waals surface area (Å²) in [4.78, 5) is 37.1. The summed E-state index contributed by atoms with van der Waals surface area (Å²) < 4.78 is 107. The largest absolute Gasteiger partial charge is 1.00 e. The molecular formula is C34H23N6Na3O12S3. The Labute approximate surface area is 397 Å². The van der Waals surface area contributed by atoms with Crippen molar-refractivity contribution in [2.24, 2.45) is 10.2 Å². The van der Waals surface area contributed by atoms with Crippen LogP contribution in [0.1, 0.15) is 37.4 Å². The van der Waals surface area contributed by atoms with Crippen LogP contribution in [0.25, 0.3) is 12.2 Å². The number of carbonyl (C=O) groups is 3. The van der Waals surface area contributed by atoms with Crippen molar-refractivity contribution < 1.29 is 142 Å². The predicted octanol–water partition coefficient (Wildman–Crippen LogP) is -5.34. The van der Waals surface area contributed by atoms with Gasteiger partial charge in [0.1, 0.15) is 41.8 Å². The zero-order valence-electron chi connectivity index (χ0n) is 30.8. The van der Waals surface area contributed by atoms with Crippen molar-refractivity contribution in [3.05, 3.63) is 123 Å². The molecule has 24 heteroatoms. The van der Waals surface area contributed by atoms with Crippen molar-refractivity contribution >= 4 is 94.3 Å². The van der Waals surface area contributed by atoms with Gasteiger partial charge in [0, 0.05) is 22.5 Å². The van der Waals surface area contributed by atoms with Gasteiger partial charge in [-0.05, 0) is 102 Å². The first-order chi connectivity index (χ1) is 25.8. The number of urea groups is 1. The third-order valence-corrected chi connectivity index (χ3v) is 10.5. The summed E-state index contributed by atoms with van der Waals surface area (Å²) in [7, 11) is -15.3. The van der Waals surface area contributed by atoms with Gasteiger partial charge in [-0.25, -0.2) is 30.0 Å². The fourth-order valence-electron chi connectivity index (χ4n) is 5.38. The molecule has 0 saturated heterocycles. The van der Waals surface area contributed by atoms with Crippen molar-refractivity contribution in [1.29, 1.82) is 0 Å². The van der Waals surface area contributed by atoms with E-state index in [1.807, 2.05) is 0 Å². The van der Waals surface area contributed by atoms with Crippen LogP contribution in [0, 0.1) is 6.92 Å². The number of allylic oxidation sites excluding steroid dienone is 2. The molecule has 6 rings (SSSR count). The van der Waals surface area contributed by atoms with Gasteiger partial charge in [0.25, 0.3) is 0 Å². The monoisotopic (exact) mass is 872 g/mol. The number of Topliss-reactive ketones (excluding diaryl/α,β-unsaturated/α-hetero) is 2. The van der Waals surface area contributed by atoms with Gasteiger partial charge in [0.2, 0.25) is 11.6 Å². The number of amides is 2. The number of benzene rings is 4. The molecule has 0 saturated carbocycles. The van der Waals surface area contributed by atoms with Crippen LogP contribution in [0.2, 0.25) is 0 Å². The normalized spacial score (nSPS) is 15.0. The van der Waals surface area contributed by atoms with Gasteiger partial charge < -0.3 is 24.3 Å². The predicted molar refractivity (Wildman–Crippen MR) is 197 cm³/mol. The van der Waals surface area contributed by atoms with Crippen molar-refractivity contribution in [2.45, 2.75) is 11.8 Å². The number of rotatable bonds is 9. The first kappa shape index (κ1) is 49.0. The van der Waals surface area contributed by atoms with Gasteiger partial charge in [-0.3, -0.25) is 20.4 Å². The van der Waals surface area contributed by atoms with E-state index in [0.29, 0.717) is 5.69 Å². The molecule has 2 aliphatic rings. The maximum Gasteiger partial charge on any atom is 1.00 e. The summed E-state index contributed by atoms with van der Waals surface area (Å²) in [6.45, 7) is 1.42. The molecule has 0 heterocycles. The van der Waals surface area contributed by atoms with Crippen LogP contribution in [0.4, 0.5) is 27.5 Å². The Hall–Kier alpha value is -3.36. The minimum Gasteiger partial charge on any atom is -0.744 e. The maximum atomic E-state index is 13.4. The van der Waals surface area contributed by atoms with Gasteiger partial charge in [-0.1, -0.05) is 18.2 Å². The molecule has 0 aliphatic heterocycles. The van der Waals surface area contributed by atoms with E-state index in [4.69, 9.17) is 0 Å². The van der Waals surface area contributed by atoms with Gasteiger partial charge in [0.15, 0.2) is 0 Å². The summed E-state index contributed by atoms with van der Waals surface area (Å²) >= 11 is 0. The van der Waals surface area contributed by atoms with Crippen LogP contribution in [-0.2, 0) is 30.4 Å². The average molecular weight is 873 g/mol. The van der Waals surface area contributed by atoms with E-state index in [9.17, 15) is 53.3 Å². The maximum absolute atomic E-state index is 13.4. The van der Waals surface area contributed by atoms with E-state index in [1.165, 1.54) is 43.3 Å². The van der Waals surface area contributed by atoms with Gasteiger partial charge in [-0.15, -0.1) is 0 Å². The standard InChI is InChI=1S/C34H26N6O12S3.3Na/c1-18-13-24(53(44,45)46)9-12-27(18)38-40-31-29(55(50,51)52)17-20-15-23(8-11-26(20)33(31)42)36-34(43)35-22-7-10-25-19(14-22)16-28(54(47,48)49)30(32(25)41)39-37-21-5-3-2-4-6-21;;;/h2-17,37-38H,1H3,(H2,35,36,43)(H,44,45,46)(H,47,48,49)(H,50,51,52);;;/q;3*+1/p-3/b39-30-,40-31-;;;. The molecule has 2 amide bonds. The summed E-state index contributed by atoms with van der Waals surface area (Å²) in [5, 5.41) is 12.6. The number of nitrogens with one attached hydrogen (secondary N) is 4. The minimum atomic E-state index is -5.31. The van der Waals surface area contributed by atoms with Crippen LogP contribution in [-0.4, -0.2) is 67.9 Å². The summed E-state index contributed by atoms with van der Waals surface area (Å²) in [6, 6.07) is 18.2. The second-order valence-electron chi connectivity index (χ2n) is 11.7. The second-order valence-corrected chi connectivity index (χ2v) is 15.8. The van der Waals surface area contributed by atoms with E-state index in [-0.39, 0.29) is 134 Å². The Kier molecular flexibility index (Phi) is 16.4. The summed E-state index contributed by atoms with van der Waals surface area (Å²) in [5.41, 5.74) is 4.18. The molecule has 4 aromatic carbocycles. The first-order valence-corrected chi connectivity index (χ1v) is 19.6. The molecule has 0 fully saturated rings. The van der Waals surface area contributed by atoms with E-state index >= 15 is 0 Å². The fourth-order valence-corrected chi connectivity index (χ4v) is 7.23. The second kappa shape index (κ2) is 19.4. The molecule has 0 spiro atoms. The van der Waals surface area contributed by atoms with Crippen LogP contribution in [0.15, 0.2) is 110 Å². The van der Waals surface area contributed by atoms with Crippen LogP contribution in [0.5, 0.6) is 0 Å². The number of aryl methyl sites for hydroxylation is 1. The van der Waals surface area contributed by atoms with Crippen molar-refractivity contribution in [3.8, 4) is 0 Å². The molecule has 4 aromatic rings. The number of hydrazone groups is 2. The number of hydrogen-bond acceptors (Lipinski definition) is 16. The van der Waals surface area contributed by atoms with Crippen molar-refractivity contribution in [2.75, 3.05) is 21.5 Å². The fraction of sp³-hybridized carbons (Fsp3) is 0.0294. The molecular weight excluding hydrogens is 850 g/mol. The number of anilines is 4. The Morgan fingerprint density at radius 2 is 1.03 bits per heavy atom. The minimum absolute atomic E-state index is 0. The van der Waals surface area contributed by atoms with E-state index in [0.717, 1.165) is 30.4 Å². The van der Waals surface area contributed by atoms with Crippen LogP contribution in [0.3, 0.4) is 0 Å². The number of carbonyl (C=O) groups excluding carboxylic acids is 3. The first-order valence-electron chi connectivity index (χ1n) is 15.4. The number of fused-ring (bicyclic) bond motifs is 2. The molecule has 58 heavy (non-hydrogen) atoms. The number of hydrogen-bond donors (Lipinski definition) is 4. The third kappa shape index (κ3) is 11.3. The molecule has 0 bridgehead atoms. The molecule has 18 nitrogen and oxygen atoms in total. The number of para-hydroxylation sites is 1. The Bertz CT molecular complexity index is 2820. The molecule has 4 N–H and O–H groups in total. The molecule has 0 unspecified atom stereocenters. The summed E-state index contributed by atoms with van der Waals surface area (Å²) in [6.07, 6.45) is 1.83. The van der Waals surface area contributed by atoms with Gasteiger partial charge >= 0.3 is 94.7 Å². The zero-order valence-corrected chi connectivity index (χ0v) is 39.2. The average Bonchev–Trinajstić information content (AvgIpc) is 3.10. The van der Waals surface area contributed by atoms with Crippen molar-refractivity contribution in [3.63, 3.8) is 0 Å². The SMILES string of the molecule is Cc1cc(S(=O)(=O)[O-])ccc1N/N=C1\C(=O)c2ccc(NC(=O)Nc3ccc4c(c3)C=C(S(=O)(=O)[O-])/C(=N/Nc3ccccc3)C4=O)cc2C=C1S(=O)(=O)[O-].[Na+].[Na+].[Na+]. The van der Waals surface area contributed by atoms with E-state index < -0.39 is 74.1 Å². The molecule has 0 aromatic heterocycles. The topological polar surface area (TPSA) is 296 Å². The molecule has 2 aliphatic carbocycles. The van der Waals surface area contributed by atoms with Gasteiger partial charge in [-0.2, -0.15) is 10.2 Å². The van der Waals surface area contributed by atoms with Gasteiger partial charge in [0.05, 0.1) is 26.1 Å². The Morgan fingerprint density at radius 1 is 0.569 bits per heavy atom. The molecule has 282 valence electrons. The van der Waals surface area contributed by atoms with Crippen molar-refractivity contribution in [1.82, 2.24) is 0 Å². The Morgan fingerprint density at radius 3 is 1.47 bits per heavy atom. The number of ketones is 2. The number of nitrogens with zero attached hydrogens (tertiary/aromatic N) is 2.